The minimum absolute atomic E-state index is 0.280. The van der Waals surface area contributed by atoms with Crippen LogP contribution >= 0.6 is 0 Å². The van der Waals surface area contributed by atoms with Gasteiger partial charge in [-0.2, -0.15) is 0 Å². The van der Waals surface area contributed by atoms with Crippen molar-refractivity contribution >= 4 is 0 Å². The normalized spacial score (nSPS) is 18.8. The van der Waals surface area contributed by atoms with E-state index in [1.165, 1.54) is 43.2 Å². The minimum atomic E-state index is 0.280. The van der Waals surface area contributed by atoms with Crippen molar-refractivity contribution in [2.75, 3.05) is 7.11 Å². The minimum Gasteiger partial charge on any atom is -0.504 e. The summed E-state index contributed by atoms with van der Waals surface area (Å²) < 4.78 is 5.21. The molecular formula is C15H22O2. The van der Waals surface area contributed by atoms with Crippen LogP contribution in [0, 0.1) is 0 Å². The summed E-state index contributed by atoms with van der Waals surface area (Å²) in [7, 11) is 1.62. The Morgan fingerprint density at radius 2 is 2.24 bits per heavy atom. The molecule has 1 aliphatic rings. The Hall–Kier alpha value is -1.18. The molecule has 2 nitrogen and oxygen atoms in total. The summed E-state index contributed by atoms with van der Waals surface area (Å²) in [5.74, 6) is 1.56. The molecule has 0 saturated heterocycles. The first-order valence-corrected chi connectivity index (χ1v) is 6.66. The number of aryl methyl sites for hydroxylation is 1. The van der Waals surface area contributed by atoms with Crippen molar-refractivity contribution in [1.82, 2.24) is 0 Å². The van der Waals surface area contributed by atoms with Crippen LogP contribution in [0.4, 0.5) is 0 Å². The number of hydrogen-bond acceptors (Lipinski definition) is 2. The number of fused-ring (bicyclic) bond motifs is 1. The van der Waals surface area contributed by atoms with E-state index in [-0.39, 0.29) is 5.75 Å². The number of aromatic hydroxyl groups is 1. The van der Waals surface area contributed by atoms with E-state index in [9.17, 15) is 5.11 Å². The molecule has 17 heavy (non-hydrogen) atoms. The van der Waals surface area contributed by atoms with E-state index in [2.05, 4.69) is 6.92 Å². The smallest absolute Gasteiger partial charge is 0.160 e. The molecule has 1 atom stereocenters. The van der Waals surface area contributed by atoms with Crippen LogP contribution in [-0.2, 0) is 6.42 Å². The molecule has 0 amide bonds. The lowest BCUT2D eigenvalue weighted by atomic mass is 9.80. The largest absolute Gasteiger partial charge is 0.504 e. The van der Waals surface area contributed by atoms with Crippen LogP contribution in [0.5, 0.6) is 11.5 Å². The second-order valence-electron chi connectivity index (χ2n) is 4.95. The first-order valence-electron chi connectivity index (χ1n) is 6.66. The topological polar surface area (TPSA) is 29.5 Å². The molecule has 1 aromatic carbocycles. The highest BCUT2D eigenvalue weighted by molar-refractivity contribution is 5.48. The third kappa shape index (κ3) is 2.56. The number of phenols is 1. The van der Waals surface area contributed by atoms with Crippen molar-refractivity contribution in [2.24, 2.45) is 0 Å². The van der Waals surface area contributed by atoms with Gasteiger partial charge in [-0.3, -0.25) is 0 Å². The average Bonchev–Trinajstić information content (AvgIpc) is 2.35. The van der Waals surface area contributed by atoms with Crippen molar-refractivity contribution < 1.29 is 9.84 Å². The number of benzene rings is 1. The summed E-state index contributed by atoms with van der Waals surface area (Å²) in [6.45, 7) is 2.24. The molecule has 2 rings (SSSR count). The third-order valence-corrected chi connectivity index (χ3v) is 3.79. The molecule has 1 aliphatic carbocycles. The highest BCUT2D eigenvalue weighted by atomic mass is 16.5. The van der Waals surface area contributed by atoms with E-state index >= 15 is 0 Å². The Kier molecular flexibility index (Phi) is 3.93. The van der Waals surface area contributed by atoms with Gasteiger partial charge in [-0.1, -0.05) is 19.8 Å². The predicted molar refractivity (Wildman–Crippen MR) is 69.9 cm³/mol. The molecule has 1 unspecified atom stereocenters. The van der Waals surface area contributed by atoms with Gasteiger partial charge in [0, 0.05) is 0 Å². The molecule has 94 valence electrons. The zero-order valence-corrected chi connectivity index (χ0v) is 10.8. The summed E-state index contributed by atoms with van der Waals surface area (Å²) in [4.78, 5) is 0. The van der Waals surface area contributed by atoms with Gasteiger partial charge in [0.25, 0.3) is 0 Å². The van der Waals surface area contributed by atoms with Gasteiger partial charge < -0.3 is 9.84 Å². The number of methoxy groups -OCH3 is 1. The maximum absolute atomic E-state index is 9.80. The van der Waals surface area contributed by atoms with E-state index in [1.807, 2.05) is 12.1 Å². The Morgan fingerprint density at radius 3 is 2.94 bits per heavy atom. The van der Waals surface area contributed by atoms with Crippen molar-refractivity contribution in [3.63, 3.8) is 0 Å². The predicted octanol–water partition coefficient (Wildman–Crippen LogP) is 4.01. The SMILES string of the molecule is CCCCC1CCCc2cc(O)c(OC)cc21. The summed E-state index contributed by atoms with van der Waals surface area (Å²) in [5.41, 5.74) is 2.72. The number of unbranched alkanes of at least 4 members (excludes halogenated alkanes) is 1. The maximum atomic E-state index is 9.80. The number of rotatable bonds is 4. The molecule has 2 heteroatoms. The summed E-state index contributed by atoms with van der Waals surface area (Å²) >= 11 is 0. The lowest BCUT2D eigenvalue weighted by Crippen LogP contribution is -2.10. The first-order chi connectivity index (χ1) is 8.26. The first kappa shape index (κ1) is 12.3. The molecule has 0 heterocycles. The summed E-state index contributed by atoms with van der Waals surface area (Å²) in [5, 5.41) is 9.80. The molecule has 0 aromatic heterocycles. The van der Waals surface area contributed by atoms with E-state index < -0.39 is 0 Å². The second kappa shape index (κ2) is 5.44. The van der Waals surface area contributed by atoms with Crippen molar-refractivity contribution in [3.05, 3.63) is 23.3 Å². The van der Waals surface area contributed by atoms with E-state index in [0.717, 1.165) is 6.42 Å². The van der Waals surface area contributed by atoms with Crippen LogP contribution in [-0.4, -0.2) is 12.2 Å². The van der Waals surface area contributed by atoms with Gasteiger partial charge in [-0.15, -0.1) is 0 Å². The Balaban J connectivity index is 2.29. The van der Waals surface area contributed by atoms with Gasteiger partial charge >= 0.3 is 0 Å². The Morgan fingerprint density at radius 1 is 1.41 bits per heavy atom. The molecular weight excluding hydrogens is 212 g/mol. The van der Waals surface area contributed by atoms with E-state index in [0.29, 0.717) is 11.7 Å². The highest BCUT2D eigenvalue weighted by Crippen LogP contribution is 2.40. The van der Waals surface area contributed by atoms with E-state index in [1.54, 1.807) is 7.11 Å². The van der Waals surface area contributed by atoms with E-state index in [4.69, 9.17) is 4.74 Å². The van der Waals surface area contributed by atoms with Crippen molar-refractivity contribution in [3.8, 4) is 11.5 Å². The molecule has 0 spiro atoms. The fourth-order valence-corrected chi connectivity index (χ4v) is 2.83. The van der Waals surface area contributed by atoms with Crippen LogP contribution in [0.1, 0.15) is 56.1 Å². The van der Waals surface area contributed by atoms with Gasteiger partial charge in [0.05, 0.1) is 7.11 Å². The molecule has 0 aliphatic heterocycles. The van der Waals surface area contributed by atoms with Crippen molar-refractivity contribution in [2.45, 2.75) is 51.4 Å². The highest BCUT2D eigenvalue weighted by Gasteiger charge is 2.21. The van der Waals surface area contributed by atoms with Crippen LogP contribution in [0.3, 0.4) is 0 Å². The van der Waals surface area contributed by atoms with Gasteiger partial charge in [-0.05, 0) is 54.9 Å². The zero-order valence-electron chi connectivity index (χ0n) is 10.8. The number of hydrogen-bond donors (Lipinski definition) is 1. The average molecular weight is 234 g/mol. The quantitative estimate of drug-likeness (QED) is 0.853. The number of phenolic OH excluding ortho intramolecular Hbond substituents is 1. The lowest BCUT2D eigenvalue weighted by Gasteiger charge is -2.26. The van der Waals surface area contributed by atoms with Gasteiger partial charge in [0.15, 0.2) is 11.5 Å². The zero-order chi connectivity index (χ0) is 12.3. The van der Waals surface area contributed by atoms with Crippen LogP contribution in [0.2, 0.25) is 0 Å². The second-order valence-corrected chi connectivity index (χ2v) is 4.95. The maximum Gasteiger partial charge on any atom is 0.160 e. The monoisotopic (exact) mass is 234 g/mol. The van der Waals surface area contributed by atoms with Crippen LogP contribution < -0.4 is 4.74 Å². The Labute approximate surface area is 104 Å². The summed E-state index contributed by atoms with van der Waals surface area (Å²) in [6, 6.07) is 3.94. The van der Waals surface area contributed by atoms with Crippen molar-refractivity contribution in [1.29, 1.82) is 0 Å². The number of ether oxygens (including phenoxy) is 1. The van der Waals surface area contributed by atoms with Gasteiger partial charge in [0.1, 0.15) is 0 Å². The summed E-state index contributed by atoms with van der Waals surface area (Å²) in [6.07, 6.45) is 7.41. The fraction of sp³-hybridized carbons (Fsp3) is 0.600. The molecule has 0 bridgehead atoms. The van der Waals surface area contributed by atoms with Gasteiger partial charge in [0.2, 0.25) is 0 Å². The van der Waals surface area contributed by atoms with Crippen LogP contribution in [0.25, 0.3) is 0 Å². The standard InChI is InChI=1S/C15H22O2/c1-3-4-6-11-7-5-8-12-9-14(16)15(17-2)10-13(11)12/h9-11,16H,3-8H2,1-2H3. The molecule has 0 radical (unpaired) electrons. The Bertz CT molecular complexity index is 385. The van der Waals surface area contributed by atoms with Gasteiger partial charge in [-0.25, -0.2) is 0 Å². The molecule has 0 saturated carbocycles. The molecule has 1 N–H and O–H groups in total. The third-order valence-electron chi connectivity index (χ3n) is 3.79. The fourth-order valence-electron chi connectivity index (χ4n) is 2.83. The molecule has 0 fully saturated rings. The lowest BCUT2D eigenvalue weighted by molar-refractivity contribution is 0.370. The molecule has 1 aromatic rings. The van der Waals surface area contributed by atoms with Crippen LogP contribution in [0.15, 0.2) is 12.1 Å².